The monoisotopic (exact) mass is 576 g/mol. The van der Waals surface area contributed by atoms with Gasteiger partial charge < -0.3 is 20.7 Å². The van der Waals surface area contributed by atoms with Crippen molar-refractivity contribution in [3.05, 3.63) is 107 Å². The smallest absolute Gasteiger partial charge is 0.416 e. The third-order valence-electron chi connectivity index (χ3n) is 6.17. The van der Waals surface area contributed by atoms with E-state index in [4.69, 9.17) is 4.74 Å². The highest BCUT2D eigenvalue weighted by molar-refractivity contribution is 7.22. The minimum absolute atomic E-state index is 0.135. The van der Waals surface area contributed by atoms with Gasteiger partial charge in [0.15, 0.2) is 5.13 Å². The van der Waals surface area contributed by atoms with Crippen LogP contribution in [0, 0.1) is 6.92 Å². The van der Waals surface area contributed by atoms with Gasteiger partial charge in [-0.3, -0.25) is 9.59 Å². The molecule has 0 saturated heterocycles. The van der Waals surface area contributed by atoms with Crippen molar-refractivity contribution in [1.29, 1.82) is 0 Å². The lowest BCUT2D eigenvalue weighted by Crippen LogP contribution is -2.15. The number of ether oxygens (including phenoxy) is 1. The second-order valence-corrected chi connectivity index (χ2v) is 10.1. The molecule has 41 heavy (non-hydrogen) atoms. The third-order valence-corrected chi connectivity index (χ3v) is 7.10. The molecule has 11 heteroatoms. The number of halogens is 3. The summed E-state index contributed by atoms with van der Waals surface area (Å²) in [5.74, 6) is -0.358. The third kappa shape index (κ3) is 6.47. The number of aryl methyl sites for hydroxylation is 1. The number of nitrogens with one attached hydrogen (secondary N) is 3. The van der Waals surface area contributed by atoms with Crippen molar-refractivity contribution in [3.8, 4) is 5.75 Å². The van der Waals surface area contributed by atoms with Gasteiger partial charge in [0.2, 0.25) is 0 Å². The quantitative estimate of drug-likeness (QED) is 0.183. The average Bonchev–Trinajstić information content (AvgIpc) is 3.36. The van der Waals surface area contributed by atoms with Gasteiger partial charge in [-0.15, -0.1) is 0 Å². The number of fused-ring (bicyclic) bond motifs is 1. The Labute approximate surface area is 237 Å². The first-order chi connectivity index (χ1) is 19.6. The van der Waals surface area contributed by atoms with Gasteiger partial charge in [-0.1, -0.05) is 29.5 Å². The van der Waals surface area contributed by atoms with Gasteiger partial charge in [0.05, 0.1) is 22.9 Å². The maximum atomic E-state index is 13.1. The molecule has 0 aliphatic rings. The van der Waals surface area contributed by atoms with Crippen LogP contribution < -0.4 is 20.7 Å². The Bertz CT molecular complexity index is 1770. The lowest BCUT2D eigenvalue weighted by atomic mass is 10.1. The van der Waals surface area contributed by atoms with E-state index in [-0.39, 0.29) is 11.5 Å². The number of carbonyl (C=O) groups is 2. The predicted octanol–water partition coefficient (Wildman–Crippen LogP) is 7.88. The summed E-state index contributed by atoms with van der Waals surface area (Å²) < 4.78 is 45.2. The number of hydrogen-bond donors (Lipinski definition) is 3. The molecular weight excluding hydrogens is 553 g/mol. The predicted molar refractivity (Wildman–Crippen MR) is 154 cm³/mol. The standard InChI is InChI=1S/C30H23F3N4O3S/c1-17-9-11-22(34-27(38)18-5-3-6-20(13-18)30(31,32)33)16-25(17)36-28(39)19-10-12-24-26(14-19)41-29(37-24)35-21-7-4-8-23(15-21)40-2/h3-16H,1-2H3,(H,34,38)(H,35,37)(H,36,39). The van der Waals surface area contributed by atoms with Crippen LogP contribution in [-0.4, -0.2) is 23.9 Å². The number of rotatable bonds is 7. The summed E-state index contributed by atoms with van der Waals surface area (Å²) in [6.07, 6.45) is -4.56. The van der Waals surface area contributed by atoms with E-state index >= 15 is 0 Å². The van der Waals surface area contributed by atoms with E-state index in [0.717, 1.165) is 33.6 Å². The van der Waals surface area contributed by atoms with Crippen LogP contribution in [0.5, 0.6) is 5.75 Å². The number of carbonyl (C=O) groups excluding carboxylic acids is 2. The van der Waals surface area contributed by atoms with E-state index in [9.17, 15) is 22.8 Å². The zero-order valence-electron chi connectivity index (χ0n) is 21.8. The molecular formula is C30H23F3N4O3S. The molecule has 1 heterocycles. The Morgan fingerprint density at radius 2 is 1.59 bits per heavy atom. The normalized spacial score (nSPS) is 11.2. The van der Waals surface area contributed by atoms with Crippen molar-refractivity contribution >= 4 is 55.6 Å². The van der Waals surface area contributed by atoms with Crippen molar-refractivity contribution in [2.24, 2.45) is 0 Å². The molecule has 0 bridgehead atoms. The first-order valence-electron chi connectivity index (χ1n) is 12.3. The summed E-state index contributed by atoms with van der Waals surface area (Å²) in [7, 11) is 1.60. The van der Waals surface area contributed by atoms with E-state index in [1.54, 1.807) is 50.4 Å². The van der Waals surface area contributed by atoms with E-state index in [1.165, 1.54) is 23.5 Å². The van der Waals surface area contributed by atoms with Crippen molar-refractivity contribution in [3.63, 3.8) is 0 Å². The minimum Gasteiger partial charge on any atom is -0.497 e. The van der Waals surface area contributed by atoms with E-state index in [1.807, 2.05) is 24.3 Å². The molecule has 208 valence electrons. The summed E-state index contributed by atoms with van der Waals surface area (Å²) in [5.41, 5.74) is 2.41. The van der Waals surface area contributed by atoms with Crippen molar-refractivity contribution in [1.82, 2.24) is 4.98 Å². The zero-order valence-corrected chi connectivity index (χ0v) is 22.6. The van der Waals surface area contributed by atoms with Gasteiger partial charge in [-0.05, 0) is 73.2 Å². The van der Waals surface area contributed by atoms with Gasteiger partial charge in [0.1, 0.15) is 5.75 Å². The Morgan fingerprint density at radius 1 is 0.829 bits per heavy atom. The number of methoxy groups -OCH3 is 1. The fourth-order valence-electron chi connectivity index (χ4n) is 4.01. The summed E-state index contributed by atoms with van der Waals surface area (Å²) in [6, 6.07) is 21.7. The zero-order chi connectivity index (χ0) is 29.1. The van der Waals surface area contributed by atoms with E-state index in [0.29, 0.717) is 27.8 Å². The van der Waals surface area contributed by atoms with Crippen molar-refractivity contribution in [2.45, 2.75) is 13.1 Å². The maximum absolute atomic E-state index is 13.1. The van der Waals surface area contributed by atoms with Gasteiger partial charge in [-0.2, -0.15) is 13.2 Å². The number of benzene rings is 4. The molecule has 0 aliphatic heterocycles. The molecule has 0 aliphatic carbocycles. The van der Waals surface area contributed by atoms with Gasteiger partial charge in [-0.25, -0.2) is 4.98 Å². The second-order valence-electron chi connectivity index (χ2n) is 9.07. The van der Waals surface area contributed by atoms with Gasteiger partial charge >= 0.3 is 6.18 Å². The van der Waals surface area contributed by atoms with Crippen LogP contribution in [0.15, 0.2) is 84.9 Å². The highest BCUT2D eigenvalue weighted by atomic mass is 32.1. The molecule has 7 nitrogen and oxygen atoms in total. The van der Waals surface area contributed by atoms with Crippen LogP contribution in [0.25, 0.3) is 10.2 Å². The van der Waals surface area contributed by atoms with Crippen LogP contribution in [0.1, 0.15) is 31.8 Å². The molecule has 0 fully saturated rings. The van der Waals surface area contributed by atoms with Crippen LogP contribution in [0.2, 0.25) is 0 Å². The molecule has 0 spiro atoms. The highest BCUT2D eigenvalue weighted by Gasteiger charge is 2.31. The lowest BCUT2D eigenvalue weighted by Gasteiger charge is -2.13. The van der Waals surface area contributed by atoms with Crippen LogP contribution >= 0.6 is 11.3 Å². The minimum atomic E-state index is -4.56. The fourth-order valence-corrected chi connectivity index (χ4v) is 4.94. The van der Waals surface area contributed by atoms with Crippen molar-refractivity contribution in [2.75, 3.05) is 23.1 Å². The van der Waals surface area contributed by atoms with E-state index < -0.39 is 17.6 Å². The molecule has 2 amide bonds. The largest absolute Gasteiger partial charge is 0.497 e. The molecule has 4 aromatic carbocycles. The summed E-state index contributed by atoms with van der Waals surface area (Å²) >= 11 is 1.40. The first kappa shape index (κ1) is 27.7. The number of aromatic nitrogens is 1. The molecule has 5 aromatic rings. The molecule has 5 rings (SSSR count). The Balaban J connectivity index is 1.30. The fraction of sp³-hybridized carbons (Fsp3) is 0.100. The Morgan fingerprint density at radius 3 is 2.37 bits per heavy atom. The highest BCUT2D eigenvalue weighted by Crippen LogP contribution is 2.32. The van der Waals surface area contributed by atoms with Crippen molar-refractivity contribution < 1.29 is 27.5 Å². The number of alkyl halides is 3. The first-order valence-corrected chi connectivity index (χ1v) is 13.1. The Hall–Kier alpha value is -4.90. The Kier molecular flexibility index (Phi) is 7.62. The lowest BCUT2D eigenvalue weighted by molar-refractivity contribution is -0.137. The molecule has 0 radical (unpaired) electrons. The van der Waals surface area contributed by atoms with Crippen LogP contribution in [0.4, 0.5) is 35.4 Å². The number of hydrogen-bond acceptors (Lipinski definition) is 6. The SMILES string of the molecule is COc1cccc(Nc2nc3ccc(C(=O)Nc4cc(NC(=O)c5cccc(C(F)(F)F)c5)ccc4C)cc3s2)c1. The molecule has 3 N–H and O–H groups in total. The number of anilines is 4. The van der Waals surface area contributed by atoms with Crippen LogP contribution in [0.3, 0.4) is 0 Å². The summed E-state index contributed by atoms with van der Waals surface area (Å²) in [4.78, 5) is 30.3. The molecule has 1 aromatic heterocycles. The maximum Gasteiger partial charge on any atom is 0.416 e. The summed E-state index contributed by atoms with van der Waals surface area (Å²) in [6.45, 7) is 1.79. The topological polar surface area (TPSA) is 92.3 Å². The van der Waals surface area contributed by atoms with Gasteiger partial charge in [0.25, 0.3) is 11.8 Å². The summed E-state index contributed by atoms with van der Waals surface area (Å²) in [5, 5.41) is 9.34. The van der Waals surface area contributed by atoms with E-state index in [2.05, 4.69) is 20.9 Å². The molecule has 0 saturated carbocycles. The van der Waals surface area contributed by atoms with Crippen LogP contribution in [-0.2, 0) is 6.18 Å². The average molecular weight is 577 g/mol. The number of nitrogens with zero attached hydrogens (tertiary/aromatic N) is 1. The second kappa shape index (κ2) is 11.3. The number of thiazole rings is 1. The van der Waals surface area contributed by atoms with Gasteiger partial charge in [0, 0.05) is 34.3 Å². The number of amides is 2. The molecule has 0 unspecified atom stereocenters. The molecule has 0 atom stereocenters.